The fraction of sp³-hybridized carbons (Fsp3) is 0.500. The maximum absolute atomic E-state index is 12.7. The highest BCUT2D eigenvalue weighted by Gasteiger charge is 2.57. The van der Waals surface area contributed by atoms with Crippen molar-refractivity contribution in [2.45, 2.75) is 60.8 Å². The Balaban J connectivity index is 2.54. The summed E-state index contributed by atoms with van der Waals surface area (Å²) in [5.41, 5.74) is 1.64. The topological polar surface area (TPSA) is 37.3 Å². The molecule has 0 amide bonds. The van der Waals surface area contributed by atoms with E-state index in [1.54, 1.807) is 0 Å². The summed E-state index contributed by atoms with van der Waals surface area (Å²) < 4.78 is 0. The Morgan fingerprint density at radius 3 is 1.61 bits per heavy atom. The van der Waals surface area contributed by atoms with Crippen molar-refractivity contribution in [2.24, 2.45) is 22.2 Å². The van der Waals surface area contributed by atoms with Gasteiger partial charge in [0, 0.05) is 0 Å². The molecule has 2 aromatic rings. The van der Waals surface area contributed by atoms with Crippen LogP contribution in [0.4, 0.5) is 0 Å². The largest absolute Gasteiger partial charge is 0.481 e. The van der Waals surface area contributed by atoms with Crippen molar-refractivity contribution in [3.8, 4) is 0 Å². The number of hydrogen-bond donors (Lipinski definition) is 1. The van der Waals surface area contributed by atoms with Crippen LogP contribution in [0.3, 0.4) is 0 Å². The molecule has 2 aromatic carbocycles. The lowest BCUT2D eigenvalue weighted by atomic mass is 9.46. The molecular weight excluding hydrogens is 344 g/mol. The molecule has 2 heteroatoms. The van der Waals surface area contributed by atoms with Crippen LogP contribution in [-0.2, 0) is 17.6 Å². The van der Waals surface area contributed by atoms with Gasteiger partial charge in [-0.25, -0.2) is 0 Å². The molecule has 0 bridgehead atoms. The van der Waals surface area contributed by atoms with Crippen molar-refractivity contribution in [1.29, 1.82) is 0 Å². The van der Waals surface area contributed by atoms with E-state index in [4.69, 9.17) is 0 Å². The highest BCUT2D eigenvalue weighted by atomic mass is 16.4. The van der Waals surface area contributed by atoms with Gasteiger partial charge in [0.25, 0.3) is 0 Å². The zero-order chi connectivity index (χ0) is 21.0. The standard InChI is InChI=1S/C26H36O2/c1-24(2,3)26(25(4,5)6,18-17-20-13-9-7-10-14-20)22(23(27)28)19-21-15-11-8-12-16-21/h7-16,22H,17-19H2,1-6H3,(H,27,28). The predicted molar refractivity (Wildman–Crippen MR) is 117 cm³/mol. The van der Waals surface area contributed by atoms with Gasteiger partial charge in [-0.1, -0.05) is 102 Å². The first-order valence-corrected chi connectivity index (χ1v) is 10.3. The van der Waals surface area contributed by atoms with E-state index >= 15 is 0 Å². The minimum atomic E-state index is -0.693. The van der Waals surface area contributed by atoms with Gasteiger partial charge < -0.3 is 5.11 Å². The summed E-state index contributed by atoms with van der Waals surface area (Å²) in [5, 5.41) is 10.4. The molecule has 152 valence electrons. The second-order valence-electron chi connectivity index (χ2n) is 10.0. The Hall–Kier alpha value is -2.09. The van der Waals surface area contributed by atoms with Gasteiger partial charge in [0.15, 0.2) is 0 Å². The van der Waals surface area contributed by atoms with E-state index in [1.165, 1.54) is 5.56 Å². The van der Waals surface area contributed by atoms with Crippen LogP contribution >= 0.6 is 0 Å². The van der Waals surface area contributed by atoms with Crippen LogP contribution < -0.4 is 0 Å². The van der Waals surface area contributed by atoms with Crippen molar-refractivity contribution < 1.29 is 9.90 Å². The molecule has 0 fully saturated rings. The van der Waals surface area contributed by atoms with Crippen LogP contribution in [0.25, 0.3) is 0 Å². The van der Waals surface area contributed by atoms with Gasteiger partial charge in [-0.3, -0.25) is 4.79 Å². The second-order valence-corrected chi connectivity index (χ2v) is 10.0. The van der Waals surface area contributed by atoms with Gasteiger partial charge in [-0.05, 0) is 46.6 Å². The van der Waals surface area contributed by atoms with Gasteiger partial charge in [-0.2, -0.15) is 0 Å². The summed E-state index contributed by atoms with van der Waals surface area (Å²) in [4.78, 5) is 12.7. The molecule has 0 aliphatic rings. The van der Waals surface area contributed by atoms with E-state index in [1.807, 2.05) is 36.4 Å². The predicted octanol–water partition coefficient (Wildman–Crippen LogP) is 6.64. The molecule has 1 unspecified atom stereocenters. The quantitative estimate of drug-likeness (QED) is 0.584. The molecular formula is C26H36O2. The fourth-order valence-electron chi connectivity index (χ4n) is 5.40. The highest BCUT2D eigenvalue weighted by molar-refractivity contribution is 5.72. The summed E-state index contributed by atoms with van der Waals surface area (Å²) in [6.45, 7) is 13.3. The first-order chi connectivity index (χ1) is 13.0. The fourth-order valence-corrected chi connectivity index (χ4v) is 5.40. The minimum Gasteiger partial charge on any atom is -0.481 e. The van der Waals surface area contributed by atoms with E-state index in [0.717, 1.165) is 18.4 Å². The maximum Gasteiger partial charge on any atom is 0.307 e. The van der Waals surface area contributed by atoms with Crippen molar-refractivity contribution in [2.75, 3.05) is 0 Å². The number of hydrogen-bond acceptors (Lipinski definition) is 1. The highest BCUT2D eigenvalue weighted by Crippen LogP contribution is 2.59. The molecule has 0 heterocycles. The van der Waals surface area contributed by atoms with Crippen molar-refractivity contribution in [1.82, 2.24) is 0 Å². The molecule has 0 radical (unpaired) electrons. The molecule has 2 rings (SSSR count). The average molecular weight is 381 g/mol. The zero-order valence-electron chi connectivity index (χ0n) is 18.3. The summed E-state index contributed by atoms with van der Waals surface area (Å²) in [6.07, 6.45) is 2.28. The third kappa shape index (κ3) is 4.66. The van der Waals surface area contributed by atoms with E-state index in [0.29, 0.717) is 6.42 Å². The van der Waals surface area contributed by atoms with Crippen LogP contribution in [0, 0.1) is 22.2 Å². The number of carboxylic acids is 1. The first-order valence-electron chi connectivity index (χ1n) is 10.3. The average Bonchev–Trinajstić information content (AvgIpc) is 2.60. The van der Waals surface area contributed by atoms with Gasteiger partial charge in [-0.15, -0.1) is 0 Å². The Morgan fingerprint density at radius 2 is 1.21 bits per heavy atom. The van der Waals surface area contributed by atoms with Gasteiger partial charge in [0.2, 0.25) is 0 Å². The van der Waals surface area contributed by atoms with Crippen LogP contribution in [0.5, 0.6) is 0 Å². The normalized spacial score (nSPS) is 13.9. The van der Waals surface area contributed by atoms with Crippen LogP contribution in [0.2, 0.25) is 0 Å². The molecule has 0 spiro atoms. The lowest BCUT2D eigenvalue weighted by Gasteiger charge is -2.57. The smallest absolute Gasteiger partial charge is 0.307 e. The van der Waals surface area contributed by atoms with Crippen molar-refractivity contribution in [3.63, 3.8) is 0 Å². The molecule has 0 aliphatic heterocycles. The first kappa shape index (κ1) is 22.2. The van der Waals surface area contributed by atoms with Gasteiger partial charge >= 0.3 is 5.97 Å². The SMILES string of the molecule is CC(C)(C)C(CCc1ccccc1)(C(Cc1ccccc1)C(=O)O)C(C)(C)C. The van der Waals surface area contributed by atoms with E-state index in [-0.39, 0.29) is 16.2 Å². The number of carbonyl (C=O) groups is 1. The maximum atomic E-state index is 12.7. The van der Waals surface area contributed by atoms with Crippen LogP contribution in [0.15, 0.2) is 60.7 Å². The third-order valence-corrected chi connectivity index (χ3v) is 6.50. The molecule has 28 heavy (non-hydrogen) atoms. The molecule has 0 aromatic heterocycles. The summed E-state index contributed by atoms with van der Waals surface area (Å²) in [7, 11) is 0. The molecule has 1 atom stereocenters. The third-order valence-electron chi connectivity index (χ3n) is 6.50. The lowest BCUT2D eigenvalue weighted by molar-refractivity contribution is -0.163. The van der Waals surface area contributed by atoms with E-state index < -0.39 is 11.9 Å². The minimum absolute atomic E-state index is 0.169. The van der Waals surface area contributed by atoms with Crippen molar-refractivity contribution >= 4 is 5.97 Å². The Bertz CT molecular complexity index is 735. The summed E-state index contributed by atoms with van der Waals surface area (Å²) in [5.74, 6) is -1.15. The molecule has 0 saturated heterocycles. The van der Waals surface area contributed by atoms with Gasteiger partial charge in [0.05, 0.1) is 5.92 Å². The molecule has 0 saturated carbocycles. The second kappa shape index (κ2) is 8.51. The number of aliphatic carboxylic acids is 1. The molecule has 1 N–H and O–H groups in total. The van der Waals surface area contributed by atoms with Gasteiger partial charge in [0.1, 0.15) is 0 Å². The zero-order valence-corrected chi connectivity index (χ0v) is 18.3. The summed E-state index contributed by atoms with van der Waals surface area (Å²) in [6, 6.07) is 20.5. The number of rotatable bonds is 7. The number of benzene rings is 2. The van der Waals surface area contributed by atoms with E-state index in [2.05, 4.69) is 65.8 Å². The molecule has 2 nitrogen and oxygen atoms in total. The monoisotopic (exact) mass is 380 g/mol. The van der Waals surface area contributed by atoms with Crippen molar-refractivity contribution in [3.05, 3.63) is 71.8 Å². The van der Waals surface area contributed by atoms with Crippen LogP contribution in [0.1, 0.15) is 59.1 Å². The number of carboxylic acid groups (broad SMARTS) is 1. The Kier molecular flexibility index (Phi) is 6.75. The van der Waals surface area contributed by atoms with E-state index in [9.17, 15) is 9.90 Å². The summed E-state index contributed by atoms with van der Waals surface area (Å²) >= 11 is 0. The Morgan fingerprint density at radius 1 is 0.786 bits per heavy atom. The Labute approximate surface area is 171 Å². The number of aryl methyl sites for hydroxylation is 1. The van der Waals surface area contributed by atoms with Crippen LogP contribution in [-0.4, -0.2) is 11.1 Å². The molecule has 0 aliphatic carbocycles. The lowest BCUT2D eigenvalue weighted by Crippen LogP contribution is -2.55.